The molecule has 6 nitrogen and oxygen atoms in total. The molecule has 1 aromatic carbocycles. The molecule has 0 unspecified atom stereocenters. The maximum absolute atomic E-state index is 12.4. The number of ether oxygens (including phenoxy) is 1. The molecule has 2 saturated heterocycles. The van der Waals surface area contributed by atoms with Crippen molar-refractivity contribution in [2.24, 2.45) is 5.92 Å². The van der Waals surface area contributed by atoms with E-state index in [1.165, 1.54) is 0 Å². The van der Waals surface area contributed by atoms with Gasteiger partial charge in [-0.3, -0.25) is 4.90 Å². The van der Waals surface area contributed by atoms with Crippen LogP contribution in [-0.4, -0.2) is 72.7 Å². The Hall–Kier alpha value is -2.10. The number of nitrogens with zero attached hydrogens (tertiary/aromatic N) is 4. The summed E-state index contributed by atoms with van der Waals surface area (Å²) in [5.41, 5.74) is 1.48. The van der Waals surface area contributed by atoms with Gasteiger partial charge in [-0.05, 0) is 24.6 Å². The topological polar surface area (TPSA) is 59.8 Å². The van der Waals surface area contributed by atoms with Crippen molar-refractivity contribution in [3.63, 3.8) is 0 Å². The number of carbonyl (C=O) groups excluding carboxylic acids is 1. The Bertz CT molecular complexity index is 719. The van der Waals surface area contributed by atoms with Crippen molar-refractivity contribution in [3.05, 3.63) is 35.4 Å². The number of carbonyl (C=O) groups is 1. The zero-order valence-electron chi connectivity index (χ0n) is 17.4. The van der Waals surface area contributed by atoms with Crippen molar-refractivity contribution in [2.75, 3.05) is 46.3 Å². The minimum absolute atomic E-state index is 0.166. The average molecular weight is 385 g/mol. The fourth-order valence-electron chi connectivity index (χ4n) is 4.26. The quantitative estimate of drug-likeness (QED) is 0.723. The van der Waals surface area contributed by atoms with Gasteiger partial charge in [0.25, 0.3) is 0 Å². The number of likely N-dealkylation sites (N-methyl/N-ethyl adjacent to an activating group) is 1. The van der Waals surface area contributed by atoms with Crippen molar-refractivity contribution in [1.29, 1.82) is 5.26 Å². The van der Waals surface area contributed by atoms with Gasteiger partial charge in [-0.15, -0.1) is 0 Å². The SMILES string of the molecule is CC(C)CN(C)CCN1CC2(CCN(Cc3ccccc3C#N)CC2)OC1=O. The van der Waals surface area contributed by atoms with E-state index in [1.54, 1.807) is 0 Å². The molecule has 0 bridgehead atoms. The molecule has 0 aliphatic carbocycles. The molecule has 0 atom stereocenters. The fourth-order valence-corrected chi connectivity index (χ4v) is 4.26. The zero-order valence-corrected chi connectivity index (χ0v) is 17.4. The van der Waals surface area contributed by atoms with Crippen molar-refractivity contribution >= 4 is 6.09 Å². The lowest BCUT2D eigenvalue weighted by molar-refractivity contribution is -0.00126. The molecule has 0 saturated carbocycles. The molecule has 2 aliphatic rings. The number of hydrogen-bond donors (Lipinski definition) is 0. The van der Waals surface area contributed by atoms with E-state index < -0.39 is 0 Å². The standard InChI is InChI=1S/C22H32N4O2/c1-18(2)15-24(3)12-13-26-17-22(28-21(26)27)8-10-25(11-9-22)16-20-7-5-4-6-19(20)14-23/h4-7,18H,8-13,15-17H2,1-3H3. The van der Waals surface area contributed by atoms with Crippen LogP contribution in [0.1, 0.15) is 37.8 Å². The van der Waals surface area contributed by atoms with Crippen molar-refractivity contribution in [3.8, 4) is 6.07 Å². The van der Waals surface area contributed by atoms with Crippen molar-refractivity contribution in [1.82, 2.24) is 14.7 Å². The van der Waals surface area contributed by atoms with E-state index in [1.807, 2.05) is 29.2 Å². The minimum Gasteiger partial charge on any atom is -0.441 e. The van der Waals surface area contributed by atoms with Gasteiger partial charge in [-0.1, -0.05) is 32.0 Å². The summed E-state index contributed by atoms with van der Waals surface area (Å²) in [6.45, 7) is 10.3. The van der Waals surface area contributed by atoms with Crippen LogP contribution in [0.4, 0.5) is 4.79 Å². The Morgan fingerprint density at radius 1 is 1.29 bits per heavy atom. The van der Waals surface area contributed by atoms with Crippen molar-refractivity contribution < 1.29 is 9.53 Å². The fraction of sp³-hybridized carbons (Fsp3) is 0.636. The van der Waals surface area contributed by atoms with Crippen LogP contribution in [0.2, 0.25) is 0 Å². The summed E-state index contributed by atoms with van der Waals surface area (Å²) in [6, 6.07) is 10.0. The van der Waals surface area contributed by atoms with Crippen LogP contribution in [0.25, 0.3) is 0 Å². The van der Waals surface area contributed by atoms with Crippen LogP contribution in [0.15, 0.2) is 24.3 Å². The number of benzene rings is 1. The van der Waals surface area contributed by atoms with Gasteiger partial charge in [0.15, 0.2) is 0 Å². The smallest absolute Gasteiger partial charge is 0.410 e. The van der Waals surface area contributed by atoms with Gasteiger partial charge in [0, 0.05) is 52.1 Å². The van der Waals surface area contributed by atoms with Crippen LogP contribution in [0, 0.1) is 17.2 Å². The van der Waals surface area contributed by atoms with E-state index in [2.05, 4.69) is 36.8 Å². The second kappa shape index (κ2) is 8.93. The number of likely N-dealkylation sites (tertiary alicyclic amines) is 1. The van der Waals surface area contributed by atoms with Gasteiger partial charge in [-0.2, -0.15) is 5.26 Å². The summed E-state index contributed by atoms with van der Waals surface area (Å²) < 4.78 is 5.85. The van der Waals surface area contributed by atoms with Crippen molar-refractivity contribution in [2.45, 2.75) is 38.8 Å². The first-order chi connectivity index (χ1) is 13.4. The highest BCUT2D eigenvalue weighted by atomic mass is 16.6. The van der Waals surface area contributed by atoms with Crippen LogP contribution in [0.5, 0.6) is 0 Å². The number of rotatable bonds is 7. The first-order valence-electron chi connectivity index (χ1n) is 10.3. The zero-order chi connectivity index (χ0) is 20.1. The van der Waals surface area contributed by atoms with E-state index in [0.29, 0.717) is 12.5 Å². The summed E-state index contributed by atoms with van der Waals surface area (Å²) in [6.07, 6.45) is 1.54. The molecule has 6 heteroatoms. The van der Waals surface area contributed by atoms with Gasteiger partial charge < -0.3 is 14.5 Å². The molecule has 0 aromatic heterocycles. The Balaban J connectivity index is 1.50. The summed E-state index contributed by atoms with van der Waals surface area (Å²) in [7, 11) is 2.11. The van der Waals surface area contributed by atoms with Gasteiger partial charge in [-0.25, -0.2) is 4.79 Å². The second-order valence-electron chi connectivity index (χ2n) is 8.67. The molecule has 2 aliphatic heterocycles. The molecule has 152 valence electrons. The summed E-state index contributed by atoms with van der Waals surface area (Å²) in [5, 5.41) is 9.28. The number of hydrogen-bond acceptors (Lipinski definition) is 5. The summed E-state index contributed by atoms with van der Waals surface area (Å²) >= 11 is 0. The number of amides is 1. The first kappa shape index (κ1) is 20.6. The molecule has 28 heavy (non-hydrogen) atoms. The third kappa shape index (κ3) is 5.03. The predicted octanol–water partition coefficient (Wildman–Crippen LogP) is 2.93. The highest BCUT2D eigenvalue weighted by Crippen LogP contribution is 2.33. The molecule has 1 amide bonds. The molecule has 0 N–H and O–H groups in total. The second-order valence-corrected chi connectivity index (χ2v) is 8.67. The maximum Gasteiger partial charge on any atom is 0.410 e. The lowest BCUT2D eigenvalue weighted by Crippen LogP contribution is -2.47. The van der Waals surface area contributed by atoms with Gasteiger partial charge >= 0.3 is 6.09 Å². The lowest BCUT2D eigenvalue weighted by atomic mass is 9.91. The number of nitriles is 1. The normalized spacial score (nSPS) is 19.4. The van der Waals surface area contributed by atoms with E-state index in [0.717, 1.165) is 63.2 Å². The molecule has 0 radical (unpaired) electrons. The van der Waals surface area contributed by atoms with E-state index in [-0.39, 0.29) is 11.7 Å². The maximum atomic E-state index is 12.4. The first-order valence-corrected chi connectivity index (χ1v) is 10.3. The van der Waals surface area contributed by atoms with Crippen LogP contribution < -0.4 is 0 Å². The Morgan fingerprint density at radius 2 is 2.00 bits per heavy atom. The summed E-state index contributed by atoms with van der Waals surface area (Å²) in [4.78, 5) is 18.9. The Morgan fingerprint density at radius 3 is 2.68 bits per heavy atom. The highest BCUT2D eigenvalue weighted by Gasteiger charge is 2.46. The van der Waals surface area contributed by atoms with E-state index in [4.69, 9.17) is 4.74 Å². The van der Waals surface area contributed by atoms with Crippen LogP contribution in [0.3, 0.4) is 0 Å². The Kier molecular flexibility index (Phi) is 6.58. The van der Waals surface area contributed by atoms with Gasteiger partial charge in [0.1, 0.15) is 5.60 Å². The van der Waals surface area contributed by atoms with Crippen LogP contribution in [-0.2, 0) is 11.3 Å². The third-order valence-electron chi connectivity index (χ3n) is 5.77. The molecule has 2 fully saturated rings. The molecule has 1 spiro atoms. The average Bonchev–Trinajstić information content (AvgIpc) is 2.97. The Labute approximate surface area is 168 Å². The highest BCUT2D eigenvalue weighted by molar-refractivity contribution is 5.70. The predicted molar refractivity (Wildman–Crippen MR) is 109 cm³/mol. The third-order valence-corrected chi connectivity index (χ3v) is 5.77. The van der Waals surface area contributed by atoms with Crippen LogP contribution >= 0.6 is 0 Å². The molecular weight excluding hydrogens is 352 g/mol. The van der Waals surface area contributed by atoms with Gasteiger partial charge in [0.05, 0.1) is 18.2 Å². The number of piperidine rings is 1. The monoisotopic (exact) mass is 384 g/mol. The van der Waals surface area contributed by atoms with Gasteiger partial charge in [0.2, 0.25) is 0 Å². The molecule has 2 heterocycles. The minimum atomic E-state index is -0.334. The summed E-state index contributed by atoms with van der Waals surface area (Å²) in [5.74, 6) is 0.623. The molecule has 3 rings (SSSR count). The molecular formula is C22H32N4O2. The molecule has 1 aromatic rings. The largest absolute Gasteiger partial charge is 0.441 e. The van der Waals surface area contributed by atoms with E-state index in [9.17, 15) is 10.1 Å². The lowest BCUT2D eigenvalue weighted by Gasteiger charge is -2.37. The van der Waals surface area contributed by atoms with E-state index >= 15 is 0 Å².